The Kier molecular flexibility index (Phi) is 15.6. The van der Waals surface area contributed by atoms with Crippen LogP contribution in [0.1, 0.15) is 103 Å². The van der Waals surface area contributed by atoms with Crippen molar-refractivity contribution in [3.05, 3.63) is 24.3 Å². The van der Waals surface area contributed by atoms with Crippen molar-refractivity contribution in [2.75, 3.05) is 11.9 Å². The van der Waals surface area contributed by atoms with Crippen LogP contribution in [0.5, 0.6) is 5.75 Å². The molecule has 0 saturated carbocycles. The van der Waals surface area contributed by atoms with Crippen molar-refractivity contribution in [1.82, 2.24) is 0 Å². The molecule has 1 N–H and O–H groups in total. The summed E-state index contributed by atoms with van der Waals surface area (Å²) in [5.74, 6) is 0.529. The Hall–Kier alpha value is -2.02. The number of carbonyl (C=O) groups is 1. The highest BCUT2D eigenvalue weighted by Crippen LogP contribution is 2.17. The lowest BCUT2D eigenvalue weighted by atomic mass is 10.0. The number of unbranched alkanes of at least 4 members (excludes halogenated alkanes) is 13. The second-order valence-corrected chi connectivity index (χ2v) is 7.85. The van der Waals surface area contributed by atoms with Crippen LogP contribution < -0.4 is 10.1 Å². The van der Waals surface area contributed by atoms with Gasteiger partial charge >= 0.3 is 0 Å². The second-order valence-electron chi connectivity index (χ2n) is 7.85. The minimum atomic E-state index is -0.288. The standard InChI is InChI=1S/C25H40N2O2/c1-2-3-4-5-6-7-8-9-10-11-12-13-14-15-22-29-24-18-16-23(17-19-24)27-25(28)20-21-26/h16-19H,2-15,20,22H2,1H3,(H,27,28). The lowest BCUT2D eigenvalue weighted by Crippen LogP contribution is -2.09. The van der Waals surface area contributed by atoms with Crippen LogP contribution in [0.25, 0.3) is 0 Å². The number of amides is 1. The van der Waals surface area contributed by atoms with Gasteiger partial charge in [-0.2, -0.15) is 5.26 Å². The van der Waals surface area contributed by atoms with Crippen LogP contribution in [0.4, 0.5) is 5.69 Å². The molecule has 1 aromatic carbocycles. The van der Waals surface area contributed by atoms with Crippen LogP contribution in [-0.2, 0) is 4.79 Å². The van der Waals surface area contributed by atoms with Crippen LogP contribution in [0, 0.1) is 11.3 Å². The van der Waals surface area contributed by atoms with E-state index in [1.807, 2.05) is 18.2 Å². The summed E-state index contributed by atoms with van der Waals surface area (Å²) < 4.78 is 5.76. The molecule has 0 aromatic heterocycles. The van der Waals surface area contributed by atoms with Gasteiger partial charge in [-0.15, -0.1) is 0 Å². The van der Waals surface area contributed by atoms with Gasteiger partial charge in [0.1, 0.15) is 12.2 Å². The first kappa shape index (κ1) is 25.0. The van der Waals surface area contributed by atoms with Crippen LogP contribution in [-0.4, -0.2) is 12.5 Å². The van der Waals surface area contributed by atoms with Crippen molar-refractivity contribution in [3.8, 4) is 11.8 Å². The number of nitrogens with zero attached hydrogens (tertiary/aromatic N) is 1. The maximum Gasteiger partial charge on any atom is 0.238 e. The fourth-order valence-corrected chi connectivity index (χ4v) is 3.40. The van der Waals surface area contributed by atoms with Gasteiger partial charge in [0.25, 0.3) is 0 Å². The van der Waals surface area contributed by atoms with Gasteiger partial charge < -0.3 is 10.1 Å². The summed E-state index contributed by atoms with van der Waals surface area (Å²) in [5, 5.41) is 11.2. The molecular formula is C25H40N2O2. The zero-order valence-corrected chi connectivity index (χ0v) is 18.4. The number of carbonyl (C=O) groups excluding carboxylic acids is 1. The molecule has 0 fully saturated rings. The number of hydrogen-bond donors (Lipinski definition) is 1. The normalized spacial score (nSPS) is 10.5. The molecule has 4 nitrogen and oxygen atoms in total. The fourth-order valence-electron chi connectivity index (χ4n) is 3.40. The predicted octanol–water partition coefficient (Wildman–Crippen LogP) is 7.40. The maximum atomic E-state index is 11.4. The summed E-state index contributed by atoms with van der Waals surface area (Å²) in [6.07, 6.45) is 18.8. The second kappa shape index (κ2) is 18.0. The van der Waals surface area contributed by atoms with E-state index < -0.39 is 0 Å². The molecule has 0 saturated heterocycles. The molecule has 0 bridgehead atoms. The molecule has 29 heavy (non-hydrogen) atoms. The molecule has 0 aliphatic carbocycles. The molecule has 1 rings (SSSR count). The minimum absolute atomic E-state index is 0.128. The number of ether oxygens (including phenoxy) is 1. The summed E-state index contributed by atoms with van der Waals surface area (Å²) in [6.45, 7) is 3.01. The first-order chi connectivity index (χ1) is 14.3. The Morgan fingerprint density at radius 2 is 1.31 bits per heavy atom. The lowest BCUT2D eigenvalue weighted by Gasteiger charge is -2.08. The van der Waals surface area contributed by atoms with E-state index in [9.17, 15) is 4.79 Å². The van der Waals surface area contributed by atoms with Crippen molar-refractivity contribution in [1.29, 1.82) is 5.26 Å². The third kappa shape index (κ3) is 14.6. The molecule has 0 aliphatic heterocycles. The molecule has 1 amide bonds. The Morgan fingerprint density at radius 1 is 0.828 bits per heavy atom. The Morgan fingerprint density at radius 3 is 1.79 bits per heavy atom. The van der Waals surface area contributed by atoms with Crippen LogP contribution in [0.15, 0.2) is 24.3 Å². The van der Waals surface area contributed by atoms with Gasteiger partial charge in [0.15, 0.2) is 0 Å². The zero-order chi connectivity index (χ0) is 21.0. The van der Waals surface area contributed by atoms with E-state index in [1.165, 1.54) is 83.5 Å². The van der Waals surface area contributed by atoms with Gasteiger partial charge in [0, 0.05) is 5.69 Å². The average Bonchev–Trinajstić information content (AvgIpc) is 2.72. The van der Waals surface area contributed by atoms with E-state index >= 15 is 0 Å². The third-order valence-electron chi connectivity index (χ3n) is 5.14. The van der Waals surface area contributed by atoms with E-state index in [-0.39, 0.29) is 12.3 Å². The van der Waals surface area contributed by atoms with Gasteiger partial charge in [-0.1, -0.05) is 90.4 Å². The van der Waals surface area contributed by atoms with E-state index in [0.717, 1.165) is 18.8 Å². The molecule has 0 radical (unpaired) electrons. The highest BCUT2D eigenvalue weighted by molar-refractivity contribution is 5.92. The summed E-state index contributed by atoms with van der Waals surface area (Å²) in [6, 6.07) is 9.14. The van der Waals surface area contributed by atoms with E-state index in [4.69, 9.17) is 10.00 Å². The van der Waals surface area contributed by atoms with Gasteiger partial charge in [-0.25, -0.2) is 0 Å². The number of hydrogen-bond acceptors (Lipinski definition) is 3. The number of anilines is 1. The topological polar surface area (TPSA) is 62.1 Å². The van der Waals surface area contributed by atoms with Crippen molar-refractivity contribution in [2.45, 2.75) is 103 Å². The molecule has 0 aliphatic rings. The zero-order valence-electron chi connectivity index (χ0n) is 18.4. The Bertz CT molecular complexity index is 563. The van der Waals surface area contributed by atoms with Crippen molar-refractivity contribution >= 4 is 11.6 Å². The molecule has 1 aromatic rings. The number of nitriles is 1. The SMILES string of the molecule is CCCCCCCCCCCCCCCCOc1ccc(NC(=O)CC#N)cc1. The van der Waals surface area contributed by atoms with Crippen LogP contribution in [0.3, 0.4) is 0 Å². The fraction of sp³-hybridized carbons (Fsp3) is 0.680. The third-order valence-corrected chi connectivity index (χ3v) is 5.14. The smallest absolute Gasteiger partial charge is 0.238 e. The molecule has 4 heteroatoms. The molecular weight excluding hydrogens is 360 g/mol. The Balaban J connectivity index is 1.89. The van der Waals surface area contributed by atoms with Gasteiger partial charge in [0.2, 0.25) is 5.91 Å². The summed E-state index contributed by atoms with van der Waals surface area (Å²) >= 11 is 0. The maximum absolute atomic E-state index is 11.4. The van der Waals surface area contributed by atoms with Crippen LogP contribution >= 0.6 is 0 Å². The first-order valence-electron chi connectivity index (χ1n) is 11.7. The first-order valence-corrected chi connectivity index (χ1v) is 11.7. The summed E-state index contributed by atoms with van der Waals surface area (Å²) in [5.41, 5.74) is 0.689. The Labute approximate surface area is 178 Å². The number of benzene rings is 1. The molecule has 0 spiro atoms. The monoisotopic (exact) mass is 400 g/mol. The van der Waals surface area contributed by atoms with E-state index in [1.54, 1.807) is 12.1 Å². The quantitative estimate of drug-likeness (QED) is 0.261. The highest BCUT2D eigenvalue weighted by atomic mass is 16.5. The summed E-state index contributed by atoms with van der Waals surface area (Å²) in [7, 11) is 0. The molecule has 0 atom stereocenters. The average molecular weight is 401 g/mol. The number of nitrogens with one attached hydrogen (secondary N) is 1. The molecule has 162 valence electrons. The van der Waals surface area contributed by atoms with Crippen molar-refractivity contribution < 1.29 is 9.53 Å². The van der Waals surface area contributed by atoms with Gasteiger partial charge in [-0.3, -0.25) is 4.79 Å². The lowest BCUT2D eigenvalue weighted by molar-refractivity contribution is -0.115. The van der Waals surface area contributed by atoms with Crippen molar-refractivity contribution in [3.63, 3.8) is 0 Å². The van der Waals surface area contributed by atoms with E-state index in [0.29, 0.717) is 5.69 Å². The highest BCUT2D eigenvalue weighted by Gasteiger charge is 2.01. The largest absolute Gasteiger partial charge is 0.494 e. The van der Waals surface area contributed by atoms with Gasteiger partial charge in [-0.05, 0) is 30.7 Å². The predicted molar refractivity (Wildman–Crippen MR) is 121 cm³/mol. The van der Waals surface area contributed by atoms with Crippen LogP contribution in [0.2, 0.25) is 0 Å². The molecule has 0 unspecified atom stereocenters. The van der Waals surface area contributed by atoms with Gasteiger partial charge in [0.05, 0.1) is 12.7 Å². The van der Waals surface area contributed by atoms with E-state index in [2.05, 4.69) is 12.2 Å². The van der Waals surface area contributed by atoms with Crippen molar-refractivity contribution in [2.24, 2.45) is 0 Å². The molecule has 0 heterocycles. The summed E-state index contributed by atoms with van der Waals surface area (Å²) in [4.78, 5) is 11.4. The minimum Gasteiger partial charge on any atom is -0.494 e. The number of rotatable bonds is 18.